The van der Waals surface area contributed by atoms with Crippen molar-refractivity contribution in [2.24, 2.45) is 0 Å². The molecule has 1 aliphatic rings. The Balaban J connectivity index is 2.09. The highest BCUT2D eigenvalue weighted by Gasteiger charge is 2.35. The fourth-order valence-corrected chi connectivity index (χ4v) is 1.91. The minimum Gasteiger partial charge on any atom is -0.390 e. The largest absolute Gasteiger partial charge is 0.390 e. The van der Waals surface area contributed by atoms with E-state index in [0.717, 1.165) is 5.56 Å². The maximum atomic E-state index is 11.6. The van der Waals surface area contributed by atoms with Crippen molar-refractivity contribution in [3.05, 3.63) is 35.9 Å². The molecule has 0 spiro atoms. The molecule has 2 rings (SSSR count). The average molecular weight is 205 g/mol. The van der Waals surface area contributed by atoms with Crippen LogP contribution in [0.15, 0.2) is 30.3 Å². The van der Waals surface area contributed by atoms with Gasteiger partial charge in [-0.2, -0.15) is 0 Å². The van der Waals surface area contributed by atoms with Gasteiger partial charge in [0.25, 0.3) is 0 Å². The molecule has 1 aromatic carbocycles. The van der Waals surface area contributed by atoms with E-state index in [0.29, 0.717) is 6.54 Å². The third-order valence-corrected chi connectivity index (χ3v) is 2.95. The molecular weight excluding hydrogens is 190 g/mol. The Morgan fingerprint density at radius 2 is 2.07 bits per heavy atom. The number of hydrogen-bond acceptors (Lipinski definition) is 2. The first-order valence-corrected chi connectivity index (χ1v) is 5.20. The molecule has 1 N–H and O–H groups in total. The van der Waals surface area contributed by atoms with E-state index in [1.54, 1.807) is 4.90 Å². The van der Waals surface area contributed by atoms with Gasteiger partial charge in [-0.3, -0.25) is 4.79 Å². The summed E-state index contributed by atoms with van der Waals surface area (Å²) in [4.78, 5) is 13.3. The SMILES string of the molecule is C[C@H]1[C@H](O)CC(=O)N1Cc1ccccc1. The summed E-state index contributed by atoms with van der Waals surface area (Å²) in [7, 11) is 0. The van der Waals surface area contributed by atoms with Crippen molar-refractivity contribution in [2.75, 3.05) is 0 Å². The Kier molecular flexibility index (Phi) is 2.73. The molecule has 15 heavy (non-hydrogen) atoms. The molecule has 1 aliphatic heterocycles. The summed E-state index contributed by atoms with van der Waals surface area (Å²) in [6.45, 7) is 2.48. The standard InChI is InChI=1S/C12H15NO2/c1-9-11(14)7-12(15)13(9)8-10-5-3-2-4-6-10/h2-6,9,11,14H,7-8H2,1H3/t9-,11+/m0/s1. The molecule has 1 heterocycles. The third-order valence-electron chi connectivity index (χ3n) is 2.95. The Morgan fingerprint density at radius 3 is 2.60 bits per heavy atom. The molecule has 1 fully saturated rings. The third kappa shape index (κ3) is 2.02. The maximum Gasteiger partial charge on any atom is 0.225 e. The predicted molar refractivity (Wildman–Crippen MR) is 57.1 cm³/mol. The maximum absolute atomic E-state index is 11.6. The van der Waals surface area contributed by atoms with Gasteiger partial charge in [-0.15, -0.1) is 0 Å². The molecular formula is C12H15NO2. The zero-order valence-corrected chi connectivity index (χ0v) is 8.76. The molecule has 0 unspecified atom stereocenters. The van der Waals surface area contributed by atoms with E-state index in [4.69, 9.17) is 0 Å². The van der Waals surface area contributed by atoms with Crippen LogP contribution in [-0.2, 0) is 11.3 Å². The van der Waals surface area contributed by atoms with Crippen molar-refractivity contribution in [1.29, 1.82) is 0 Å². The van der Waals surface area contributed by atoms with Crippen LogP contribution >= 0.6 is 0 Å². The number of rotatable bonds is 2. The lowest BCUT2D eigenvalue weighted by Crippen LogP contribution is -2.33. The Hall–Kier alpha value is -1.35. The quantitative estimate of drug-likeness (QED) is 0.787. The van der Waals surface area contributed by atoms with Gasteiger partial charge in [0.05, 0.1) is 18.6 Å². The summed E-state index contributed by atoms with van der Waals surface area (Å²) in [5.74, 6) is 0.0406. The van der Waals surface area contributed by atoms with Crippen LogP contribution < -0.4 is 0 Å². The summed E-state index contributed by atoms with van der Waals surface area (Å²) >= 11 is 0. The van der Waals surface area contributed by atoms with Crippen LogP contribution in [0.2, 0.25) is 0 Å². The second-order valence-electron chi connectivity index (χ2n) is 4.02. The molecule has 0 bridgehead atoms. The molecule has 2 atom stereocenters. The van der Waals surface area contributed by atoms with Crippen LogP contribution in [0, 0.1) is 0 Å². The van der Waals surface area contributed by atoms with Gasteiger partial charge >= 0.3 is 0 Å². The minimum absolute atomic E-state index is 0.0406. The van der Waals surface area contributed by atoms with Crippen LogP contribution in [0.4, 0.5) is 0 Å². The van der Waals surface area contributed by atoms with Crippen LogP contribution in [0.1, 0.15) is 18.9 Å². The fourth-order valence-electron chi connectivity index (χ4n) is 1.91. The molecule has 0 radical (unpaired) electrons. The molecule has 3 heteroatoms. The number of aliphatic hydroxyl groups excluding tert-OH is 1. The van der Waals surface area contributed by atoms with Crippen LogP contribution in [0.3, 0.4) is 0 Å². The molecule has 80 valence electrons. The van der Waals surface area contributed by atoms with Crippen molar-refractivity contribution in [3.8, 4) is 0 Å². The molecule has 1 saturated heterocycles. The average Bonchev–Trinajstić information content (AvgIpc) is 2.47. The topological polar surface area (TPSA) is 40.5 Å². The van der Waals surface area contributed by atoms with E-state index < -0.39 is 6.10 Å². The van der Waals surface area contributed by atoms with Gasteiger partial charge in [-0.25, -0.2) is 0 Å². The van der Waals surface area contributed by atoms with E-state index in [1.165, 1.54) is 0 Å². The van der Waals surface area contributed by atoms with Gasteiger partial charge < -0.3 is 10.0 Å². The van der Waals surface area contributed by atoms with E-state index in [1.807, 2.05) is 37.3 Å². The molecule has 0 saturated carbocycles. The highest BCUT2D eigenvalue weighted by molar-refractivity contribution is 5.79. The van der Waals surface area contributed by atoms with Crippen molar-refractivity contribution >= 4 is 5.91 Å². The monoisotopic (exact) mass is 205 g/mol. The summed E-state index contributed by atoms with van der Waals surface area (Å²) in [6, 6.07) is 9.77. The lowest BCUT2D eigenvalue weighted by molar-refractivity contribution is -0.129. The highest BCUT2D eigenvalue weighted by Crippen LogP contribution is 2.21. The lowest BCUT2D eigenvalue weighted by atomic mass is 10.2. The van der Waals surface area contributed by atoms with Crippen LogP contribution in [0.25, 0.3) is 0 Å². The first-order chi connectivity index (χ1) is 7.18. The van der Waals surface area contributed by atoms with Crippen molar-refractivity contribution in [3.63, 3.8) is 0 Å². The van der Waals surface area contributed by atoms with Gasteiger partial charge in [0.1, 0.15) is 0 Å². The van der Waals surface area contributed by atoms with E-state index >= 15 is 0 Å². The number of amides is 1. The van der Waals surface area contributed by atoms with Gasteiger partial charge in [-0.1, -0.05) is 30.3 Å². The summed E-state index contributed by atoms with van der Waals surface area (Å²) in [6.07, 6.45) is -0.255. The zero-order valence-electron chi connectivity index (χ0n) is 8.76. The molecule has 3 nitrogen and oxygen atoms in total. The van der Waals surface area contributed by atoms with Crippen molar-refractivity contribution in [2.45, 2.75) is 32.0 Å². The zero-order chi connectivity index (χ0) is 10.8. The Labute approximate surface area is 89.3 Å². The number of aliphatic hydroxyl groups is 1. The highest BCUT2D eigenvalue weighted by atomic mass is 16.3. The second-order valence-corrected chi connectivity index (χ2v) is 4.02. The number of carbonyl (C=O) groups excluding carboxylic acids is 1. The number of likely N-dealkylation sites (tertiary alicyclic amines) is 1. The number of hydrogen-bond donors (Lipinski definition) is 1. The predicted octanol–water partition coefficient (Wildman–Crippen LogP) is 1.17. The second kappa shape index (κ2) is 4.03. The van der Waals surface area contributed by atoms with Crippen LogP contribution in [0.5, 0.6) is 0 Å². The van der Waals surface area contributed by atoms with Crippen LogP contribution in [-0.4, -0.2) is 28.1 Å². The first kappa shape index (κ1) is 10.2. The number of benzene rings is 1. The van der Waals surface area contributed by atoms with Gasteiger partial charge in [0.2, 0.25) is 5.91 Å². The first-order valence-electron chi connectivity index (χ1n) is 5.20. The summed E-state index contributed by atoms with van der Waals surface area (Å²) < 4.78 is 0. The fraction of sp³-hybridized carbons (Fsp3) is 0.417. The normalized spacial score (nSPS) is 26.0. The summed E-state index contributed by atoms with van der Waals surface area (Å²) in [5, 5.41) is 9.55. The number of nitrogens with zero attached hydrogens (tertiary/aromatic N) is 1. The Morgan fingerprint density at radius 1 is 1.40 bits per heavy atom. The van der Waals surface area contributed by atoms with E-state index in [-0.39, 0.29) is 18.4 Å². The Bertz CT molecular complexity index is 350. The summed E-state index contributed by atoms with van der Waals surface area (Å²) in [5.41, 5.74) is 1.10. The lowest BCUT2D eigenvalue weighted by Gasteiger charge is -2.22. The van der Waals surface area contributed by atoms with Gasteiger partial charge in [-0.05, 0) is 12.5 Å². The molecule has 1 aromatic rings. The molecule has 0 aliphatic carbocycles. The van der Waals surface area contributed by atoms with Gasteiger partial charge in [0, 0.05) is 6.54 Å². The number of carbonyl (C=O) groups is 1. The van der Waals surface area contributed by atoms with E-state index in [2.05, 4.69) is 0 Å². The van der Waals surface area contributed by atoms with Crippen molar-refractivity contribution in [1.82, 2.24) is 4.90 Å². The van der Waals surface area contributed by atoms with Crippen molar-refractivity contribution < 1.29 is 9.90 Å². The van der Waals surface area contributed by atoms with E-state index in [9.17, 15) is 9.90 Å². The van der Waals surface area contributed by atoms with Gasteiger partial charge in [0.15, 0.2) is 0 Å². The molecule has 1 amide bonds. The minimum atomic E-state index is -0.513. The smallest absolute Gasteiger partial charge is 0.225 e. The molecule has 0 aromatic heterocycles.